The van der Waals surface area contributed by atoms with Crippen molar-refractivity contribution >= 4 is 47.6 Å². The number of thioether (sulfide) groups is 1. The molecule has 0 aliphatic heterocycles. The number of methoxy groups -OCH3 is 2. The third-order valence-electron chi connectivity index (χ3n) is 0.895. The fraction of sp³-hybridized carbons (Fsp3) is 0.667. The van der Waals surface area contributed by atoms with Crippen LogP contribution < -0.4 is 0 Å². The van der Waals surface area contributed by atoms with Gasteiger partial charge in [0.05, 0.1) is 25.7 Å². The molecule has 0 spiro atoms. The first kappa shape index (κ1) is 14.6. The van der Waals surface area contributed by atoms with Crippen molar-refractivity contribution in [3.63, 3.8) is 0 Å². The van der Waals surface area contributed by atoms with E-state index in [0.717, 1.165) is 0 Å². The minimum Gasteiger partial charge on any atom is -0.468 e. The molecule has 12 heavy (non-hydrogen) atoms. The van der Waals surface area contributed by atoms with Crippen molar-refractivity contribution < 1.29 is 19.1 Å². The van der Waals surface area contributed by atoms with E-state index >= 15 is 0 Å². The van der Waals surface area contributed by atoms with Crippen LogP contribution in [0, 0.1) is 0 Å². The van der Waals surface area contributed by atoms with Gasteiger partial charge in [0, 0.05) is 23.9 Å². The molecule has 6 heteroatoms. The van der Waals surface area contributed by atoms with Gasteiger partial charge in [-0.25, -0.2) is 0 Å². The van der Waals surface area contributed by atoms with Crippen LogP contribution in [0.3, 0.4) is 0 Å². The molecule has 0 aliphatic carbocycles. The summed E-state index contributed by atoms with van der Waals surface area (Å²) in [5.74, 6) is -0.296. The van der Waals surface area contributed by atoms with Crippen LogP contribution in [0.2, 0.25) is 0 Å². The number of carbonyl (C=O) groups excluding carboxylic acids is 2. The van der Waals surface area contributed by atoms with Crippen LogP contribution in [0.15, 0.2) is 0 Å². The predicted octanol–water partition coefficient (Wildman–Crippen LogP) is -0.315. The molecule has 0 aromatic heterocycles. The average Bonchev–Trinajstić information content (AvgIpc) is 2.04. The number of hydrogen-bond acceptors (Lipinski definition) is 5. The minimum atomic E-state index is -0.334. The van der Waals surface area contributed by atoms with Gasteiger partial charge in [0.1, 0.15) is 0 Å². The molecule has 0 aliphatic rings. The van der Waals surface area contributed by atoms with Crippen molar-refractivity contribution in [2.75, 3.05) is 25.7 Å². The van der Waals surface area contributed by atoms with E-state index in [4.69, 9.17) is 0 Å². The zero-order valence-electron chi connectivity index (χ0n) is 6.96. The molecule has 0 atom stereocenters. The standard InChI is InChI=1S/C6H10O4S.Sn/c1-9-5(7)3-11-4-6(8)10-2;/h3-4H2,1-2H3;. The SMILES string of the molecule is COC(=O)CSCC(=O)OC.[Sn]. The van der Waals surface area contributed by atoms with Gasteiger partial charge >= 0.3 is 11.9 Å². The number of hydrogen-bond donors (Lipinski definition) is 0. The summed E-state index contributed by atoms with van der Waals surface area (Å²) < 4.78 is 8.71. The summed E-state index contributed by atoms with van der Waals surface area (Å²) in [7, 11) is 2.61. The van der Waals surface area contributed by atoms with Crippen molar-refractivity contribution in [1.82, 2.24) is 0 Å². The molecule has 0 rings (SSSR count). The molecule has 0 aromatic carbocycles. The van der Waals surface area contributed by atoms with Crippen LogP contribution in [0.25, 0.3) is 0 Å². The van der Waals surface area contributed by atoms with Gasteiger partial charge in [-0.15, -0.1) is 11.8 Å². The zero-order chi connectivity index (χ0) is 8.69. The minimum absolute atomic E-state index is 0. The van der Waals surface area contributed by atoms with Crippen LogP contribution in [0.1, 0.15) is 0 Å². The molecule has 4 radical (unpaired) electrons. The number of ether oxygens (including phenoxy) is 2. The van der Waals surface area contributed by atoms with Crippen LogP contribution in [-0.2, 0) is 19.1 Å². The quantitative estimate of drug-likeness (QED) is 0.526. The smallest absolute Gasteiger partial charge is 0.315 e. The first-order valence-electron chi connectivity index (χ1n) is 2.92. The van der Waals surface area contributed by atoms with Crippen molar-refractivity contribution in [3.05, 3.63) is 0 Å². The van der Waals surface area contributed by atoms with Crippen LogP contribution in [0.4, 0.5) is 0 Å². The second kappa shape index (κ2) is 9.18. The Morgan fingerprint density at radius 1 is 1.08 bits per heavy atom. The van der Waals surface area contributed by atoms with E-state index in [-0.39, 0.29) is 47.4 Å². The van der Waals surface area contributed by atoms with Gasteiger partial charge in [-0.2, -0.15) is 0 Å². The summed E-state index contributed by atoms with van der Waals surface area (Å²) in [6.45, 7) is 0. The first-order chi connectivity index (χ1) is 5.20. The maximum absolute atomic E-state index is 10.5. The number of carbonyl (C=O) groups is 2. The van der Waals surface area contributed by atoms with Gasteiger partial charge < -0.3 is 9.47 Å². The Kier molecular flexibility index (Phi) is 11.2. The molecule has 68 valence electrons. The third-order valence-corrected chi connectivity index (χ3v) is 1.77. The van der Waals surface area contributed by atoms with E-state index in [0.29, 0.717) is 0 Å². The fourth-order valence-electron chi connectivity index (χ4n) is 0.336. The van der Waals surface area contributed by atoms with Gasteiger partial charge in [-0.05, 0) is 0 Å². The van der Waals surface area contributed by atoms with E-state index < -0.39 is 0 Å². The first-order valence-corrected chi connectivity index (χ1v) is 4.07. The Hall–Kier alpha value is 0.0887. The summed E-state index contributed by atoms with van der Waals surface area (Å²) in [6, 6.07) is 0. The maximum atomic E-state index is 10.5. The van der Waals surface area contributed by atoms with E-state index in [9.17, 15) is 9.59 Å². The van der Waals surface area contributed by atoms with Gasteiger partial charge in [0.2, 0.25) is 0 Å². The topological polar surface area (TPSA) is 52.6 Å². The number of rotatable bonds is 4. The summed E-state index contributed by atoms with van der Waals surface area (Å²) in [5, 5.41) is 0. The molecule has 4 nitrogen and oxygen atoms in total. The maximum Gasteiger partial charge on any atom is 0.315 e. The monoisotopic (exact) mass is 298 g/mol. The van der Waals surface area contributed by atoms with E-state index in [1.54, 1.807) is 0 Å². The zero-order valence-corrected chi connectivity index (χ0v) is 10.6. The van der Waals surface area contributed by atoms with E-state index in [2.05, 4.69) is 9.47 Å². The molecular formula is C6H10O4SSn. The molecule has 0 N–H and O–H groups in total. The predicted molar refractivity (Wildman–Crippen MR) is 47.1 cm³/mol. The average molecular weight is 297 g/mol. The molecule has 0 heterocycles. The van der Waals surface area contributed by atoms with Crippen molar-refractivity contribution in [2.24, 2.45) is 0 Å². The third kappa shape index (κ3) is 8.19. The summed E-state index contributed by atoms with van der Waals surface area (Å²) in [6.07, 6.45) is 0. The molecule has 0 saturated heterocycles. The molecular weight excluding hydrogens is 287 g/mol. The van der Waals surface area contributed by atoms with E-state index in [1.165, 1.54) is 26.0 Å². The number of esters is 2. The Morgan fingerprint density at radius 2 is 1.42 bits per heavy atom. The van der Waals surface area contributed by atoms with Gasteiger partial charge in [-0.3, -0.25) is 9.59 Å². The second-order valence-electron chi connectivity index (χ2n) is 1.65. The Balaban J connectivity index is 0. The molecule has 0 amide bonds. The molecule has 0 aromatic rings. The van der Waals surface area contributed by atoms with Crippen LogP contribution in [-0.4, -0.2) is 61.6 Å². The Morgan fingerprint density at radius 3 is 1.67 bits per heavy atom. The van der Waals surface area contributed by atoms with E-state index in [1.807, 2.05) is 0 Å². The normalized spacial score (nSPS) is 8.17. The molecule has 0 fully saturated rings. The van der Waals surface area contributed by atoms with Crippen LogP contribution in [0.5, 0.6) is 0 Å². The van der Waals surface area contributed by atoms with Crippen molar-refractivity contribution in [3.8, 4) is 0 Å². The Bertz CT molecular complexity index is 134. The van der Waals surface area contributed by atoms with Gasteiger partial charge in [-0.1, -0.05) is 0 Å². The van der Waals surface area contributed by atoms with Crippen LogP contribution >= 0.6 is 11.8 Å². The molecule has 0 bridgehead atoms. The van der Waals surface area contributed by atoms with Crippen molar-refractivity contribution in [2.45, 2.75) is 0 Å². The van der Waals surface area contributed by atoms with Crippen molar-refractivity contribution in [1.29, 1.82) is 0 Å². The van der Waals surface area contributed by atoms with Gasteiger partial charge in [0.15, 0.2) is 0 Å². The fourth-order valence-corrected chi connectivity index (χ4v) is 1.01. The Labute approximate surface area is 92.3 Å². The second-order valence-corrected chi connectivity index (χ2v) is 2.63. The molecule has 0 unspecified atom stereocenters. The molecule has 0 saturated carbocycles. The summed E-state index contributed by atoms with van der Waals surface area (Å²) >= 11 is 1.17. The summed E-state index contributed by atoms with van der Waals surface area (Å²) in [5.41, 5.74) is 0. The largest absolute Gasteiger partial charge is 0.468 e. The summed E-state index contributed by atoms with van der Waals surface area (Å²) in [4.78, 5) is 21.0. The van der Waals surface area contributed by atoms with Gasteiger partial charge in [0.25, 0.3) is 0 Å².